The van der Waals surface area contributed by atoms with E-state index in [4.69, 9.17) is 9.47 Å². The normalized spacial score (nSPS) is 17.0. The molecule has 23 heavy (non-hydrogen) atoms. The van der Waals surface area contributed by atoms with Gasteiger partial charge in [0, 0.05) is 37.6 Å². The summed E-state index contributed by atoms with van der Waals surface area (Å²) in [4.78, 5) is 21.8. The number of carbonyl (C=O) groups excluding carboxylic acids is 1. The Balaban J connectivity index is 1.57. The molecule has 1 aromatic carbocycles. The fourth-order valence-corrected chi connectivity index (χ4v) is 2.24. The highest BCUT2D eigenvalue weighted by Crippen LogP contribution is 2.16. The minimum atomic E-state index is -0.505. The van der Waals surface area contributed by atoms with Crippen molar-refractivity contribution in [3.05, 3.63) is 34.4 Å². The van der Waals surface area contributed by atoms with Crippen LogP contribution in [0.4, 0.5) is 16.2 Å². The van der Waals surface area contributed by atoms with E-state index in [9.17, 15) is 14.9 Å². The van der Waals surface area contributed by atoms with Crippen LogP contribution < -0.4 is 10.6 Å². The van der Waals surface area contributed by atoms with Crippen LogP contribution in [0, 0.1) is 10.1 Å². The third kappa shape index (κ3) is 6.21. The van der Waals surface area contributed by atoms with Gasteiger partial charge in [-0.25, -0.2) is 4.79 Å². The minimum absolute atomic E-state index is 0.0645. The summed E-state index contributed by atoms with van der Waals surface area (Å²) < 4.78 is 10.9. The van der Waals surface area contributed by atoms with Gasteiger partial charge in [-0.15, -0.1) is 0 Å². The zero-order valence-corrected chi connectivity index (χ0v) is 12.8. The van der Waals surface area contributed by atoms with Gasteiger partial charge in [0.2, 0.25) is 0 Å². The Morgan fingerprint density at radius 3 is 3.09 bits per heavy atom. The summed E-state index contributed by atoms with van der Waals surface area (Å²) in [5, 5.41) is 15.9. The monoisotopic (exact) mass is 323 g/mol. The number of benzene rings is 1. The van der Waals surface area contributed by atoms with Crippen LogP contribution in [-0.2, 0) is 9.47 Å². The fraction of sp³-hybridized carbons (Fsp3) is 0.533. The van der Waals surface area contributed by atoms with Gasteiger partial charge in [0.05, 0.1) is 17.6 Å². The van der Waals surface area contributed by atoms with Crippen molar-refractivity contribution < 1.29 is 19.2 Å². The van der Waals surface area contributed by atoms with Gasteiger partial charge >= 0.3 is 6.03 Å². The number of nitrogens with zero attached hydrogens (tertiary/aromatic N) is 1. The number of amides is 2. The number of carbonyl (C=O) groups is 1. The van der Waals surface area contributed by atoms with Gasteiger partial charge in [-0.1, -0.05) is 6.07 Å². The maximum Gasteiger partial charge on any atom is 0.319 e. The topological polar surface area (TPSA) is 103 Å². The van der Waals surface area contributed by atoms with Crippen molar-refractivity contribution in [3.8, 4) is 0 Å². The molecule has 1 fully saturated rings. The molecule has 1 heterocycles. The molecular formula is C15H21N3O5. The third-order valence-corrected chi connectivity index (χ3v) is 3.39. The van der Waals surface area contributed by atoms with Crippen molar-refractivity contribution in [2.75, 3.05) is 31.7 Å². The summed E-state index contributed by atoms with van der Waals surface area (Å²) in [6.45, 7) is 2.43. The molecule has 1 aliphatic heterocycles. The molecule has 2 rings (SSSR count). The molecule has 1 atom stereocenters. The maximum atomic E-state index is 11.7. The van der Waals surface area contributed by atoms with Gasteiger partial charge in [0.25, 0.3) is 5.69 Å². The van der Waals surface area contributed by atoms with Crippen LogP contribution in [0.5, 0.6) is 0 Å². The summed E-state index contributed by atoms with van der Waals surface area (Å²) in [6, 6.07) is 5.40. The Kier molecular flexibility index (Phi) is 6.76. The van der Waals surface area contributed by atoms with Crippen molar-refractivity contribution in [1.29, 1.82) is 0 Å². The number of non-ortho nitro benzene ring substituents is 1. The zero-order valence-electron chi connectivity index (χ0n) is 12.8. The molecule has 8 nitrogen and oxygen atoms in total. The molecule has 0 radical (unpaired) electrons. The second kappa shape index (κ2) is 9.06. The average Bonchev–Trinajstić information content (AvgIpc) is 3.04. The predicted octanol–water partition coefficient (Wildman–Crippen LogP) is 2.30. The summed E-state index contributed by atoms with van der Waals surface area (Å²) in [6.07, 6.45) is 3.03. The van der Waals surface area contributed by atoms with E-state index in [0.717, 1.165) is 19.4 Å². The highest BCUT2D eigenvalue weighted by Gasteiger charge is 2.15. The van der Waals surface area contributed by atoms with Crippen LogP contribution in [0.3, 0.4) is 0 Å². The molecule has 2 amide bonds. The lowest BCUT2D eigenvalue weighted by atomic mass is 10.2. The van der Waals surface area contributed by atoms with Crippen molar-refractivity contribution >= 4 is 17.4 Å². The summed E-state index contributed by atoms with van der Waals surface area (Å²) in [7, 11) is 0. The molecule has 0 aromatic heterocycles. The number of hydrogen-bond acceptors (Lipinski definition) is 5. The van der Waals surface area contributed by atoms with E-state index in [1.54, 1.807) is 6.07 Å². The lowest BCUT2D eigenvalue weighted by molar-refractivity contribution is -0.384. The number of rotatable bonds is 8. The van der Waals surface area contributed by atoms with Crippen LogP contribution in [-0.4, -0.2) is 43.4 Å². The number of nitro groups is 1. The van der Waals surface area contributed by atoms with Gasteiger partial charge < -0.3 is 20.1 Å². The Morgan fingerprint density at radius 2 is 2.35 bits per heavy atom. The number of hydrogen-bond donors (Lipinski definition) is 2. The largest absolute Gasteiger partial charge is 0.379 e. The van der Waals surface area contributed by atoms with Gasteiger partial charge in [0.1, 0.15) is 0 Å². The smallest absolute Gasteiger partial charge is 0.319 e. The van der Waals surface area contributed by atoms with E-state index < -0.39 is 11.0 Å². The molecule has 0 aliphatic carbocycles. The second-order valence-electron chi connectivity index (χ2n) is 5.25. The maximum absolute atomic E-state index is 11.7. The van der Waals surface area contributed by atoms with Gasteiger partial charge in [-0.3, -0.25) is 10.1 Å². The van der Waals surface area contributed by atoms with Crippen LogP contribution in [0.15, 0.2) is 24.3 Å². The molecule has 8 heteroatoms. The molecule has 1 aromatic rings. The lowest BCUT2D eigenvalue weighted by Crippen LogP contribution is -2.30. The number of ether oxygens (including phenoxy) is 2. The molecule has 1 unspecified atom stereocenters. The molecule has 0 bridgehead atoms. The van der Waals surface area contributed by atoms with Crippen molar-refractivity contribution in [2.45, 2.75) is 25.4 Å². The highest BCUT2D eigenvalue weighted by molar-refractivity contribution is 5.89. The van der Waals surface area contributed by atoms with Gasteiger partial charge in [-0.05, 0) is 25.3 Å². The zero-order chi connectivity index (χ0) is 16.5. The first-order valence-electron chi connectivity index (χ1n) is 7.64. The van der Waals surface area contributed by atoms with E-state index in [1.165, 1.54) is 18.2 Å². The Bertz CT molecular complexity index is 532. The first-order valence-corrected chi connectivity index (χ1v) is 7.64. The van der Waals surface area contributed by atoms with E-state index in [1.807, 2.05) is 0 Å². The average molecular weight is 323 g/mol. The van der Waals surface area contributed by atoms with Crippen molar-refractivity contribution in [3.63, 3.8) is 0 Å². The number of urea groups is 1. The third-order valence-electron chi connectivity index (χ3n) is 3.39. The molecule has 0 saturated carbocycles. The molecule has 0 spiro atoms. The number of nitro benzene ring substituents is 1. The first kappa shape index (κ1) is 17.2. The summed E-state index contributed by atoms with van der Waals surface area (Å²) in [5.74, 6) is 0. The molecule has 1 saturated heterocycles. The SMILES string of the molecule is O=C(NCCCOCC1CCCO1)Nc1cccc([N+](=O)[O-])c1. The quantitative estimate of drug-likeness (QED) is 0.434. The Morgan fingerprint density at radius 1 is 1.48 bits per heavy atom. The molecule has 1 aliphatic rings. The van der Waals surface area contributed by atoms with E-state index in [-0.39, 0.29) is 11.8 Å². The first-order chi connectivity index (χ1) is 11.1. The van der Waals surface area contributed by atoms with Crippen LogP contribution in [0.25, 0.3) is 0 Å². The van der Waals surface area contributed by atoms with E-state index in [0.29, 0.717) is 31.9 Å². The lowest BCUT2D eigenvalue weighted by Gasteiger charge is -2.10. The number of nitrogens with one attached hydrogen (secondary N) is 2. The van der Waals surface area contributed by atoms with E-state index in [2.05, 4.69) is 10.6 Å². The van der Waals surface area contributed by atoms with Gasteiger partial charge in [-0.2, -0.15) is 0 Å². The van der Waals surface area contributed by atoms with Crippen molar-refractivity contribution in [2.24, 2.45) is 0 Å². The Hall–Kier alpha value is -2.19. The summed E-state index contributed by atoms with van der Waals surface area (Å²) >= 11 is 0. The summed E-state index contributed by atoms with van der Waals surface area (Å²) in [5.41, 5.74) is 0.316. The fourth-order valence-electron chi connectivity index (χ4n) is 2.24. The highest BCUT2D eigenvalue weighted by atomic mass is 16.6. The minimum Gasteiger partial charge on any atom is -0.379 e. The van der Waals surface area contributed by atoms with Crippen LogP contribution in [0.1, 0.15) is 19.3 Å². The van der Waals surface area contributed by atoms with Crippen molar-refractivity contribution in [1.82, 2.24) is 5.32 Å². The molecule has 126 valence electrons. The van der Waals surface area contributed by atoms with Crippen LogP contribution in [0.2, 0.25) is 0 Å². The standard InChI is InChI=1S/C15H21N3O5/c19-15(17-12-4-1-5-13(10-12)18(20)21)16-7-3-8-22-11-14-6-2-9-23-14/h1,4-5,10,14H,2-3,6-9,11H2,(H2,16,17,19). The predicted molar refractivity (Wildman–Crippen MR) is 84.5 cm³/mol. The molecular weight excluding hydrogens is 302 g/mol. The van der Waals surface area contributed by atoms with E-state index >= 15 is 0 Å². The van der Waals surface area contributed by atoms with Crippen LogP contribution >= 0.6 is 0 Å². The number of anilines is 1. The van der Waals surface area contributed by atoms with Gasteiger partial charge in [0.15, 0.2) is 0 Å². The Labute approximate surface area is 134 Å². The second-order valence-corrected chi connectivity index (χ2v) is 5.25. The molecule has 2 N–H and O–H groups in total.